The largest absolute Gasteiger partial charge is 0.379 e. The first-order valence-corrected chi connectivity index (χ1v) is 7.12. The Morgan fingerprint density at radius 3 is 2.44 bits per heavy atom. The molecule has 0 saturated heterocycles. The molecule has 0 fully saturated rings. The van der Waals surface area contributed by atoms with Crippen LogP contribution in [0.4, 0.5) is 0 Å². The van der Waals surface area contributed by atoms with Crippen LogP contribution in [0.2, 0.25) is 0 Å². The zero-order valence-corrected chi connectivity index (χ0v) is 13.5. The minimum absolute atomic E-state index is 0.119. The van der Waals surface area contributed by atoms with Gasteiger partial charge >= 0.3 is 0 Å². The maximum atomic E-state index is 5.70. The molecule has 1 aromatic carbocycles. The van der Waals surface area contributed by atoms with Gasteiger partial charge in [0.1, 0.15) is 0 Å². The van der Waals surface area contributed by atoms with Crippen LogP contribution >= 0.6 is 15.9 Å². The number of likely N-dealkylation sites (N-methyl/N-ethyl adjacent to an activating group) is 1. The van der Waals surface area contributed by atoms with Gasteiger partial charge in [-0.15, -0.1) is 0 Å². The van der Waals surface area contributed by atoms with Crippen molar-refractivity contribution in [3.05, 3.63) is 34.3 Å². The van der Waals surface area contributed by atoms with E-state index in [-0.39, 0.29) is 11.5 Å². The van der Waals surface area contributed by atoms with Crippen LogP contribution in [0.3, 0.4) is 0 Å². The van der Waals surface area contributed by atoms with Crippen molar-refractivity contribution in [3.63, 3.8) is 0 Å². The van der Waals surface area contributed by atoms with E-state index in [0.717, 1.165) is 10.9 Å². The summed E-state index contributed by atoms with van der Waals surface area (Å²) in [5.41, 5.74) is 1.43. The van der Waals surface area contributed by atoms with Gasteiger partial charge in [0.25, 0.3) is 0 Å². The fourth-order valence-corrected chi connectivity index (χ4v) is 2.85. The third kappa shape index (κ3) is 4.38. The molecule has 2 unspecified atom stereocenters. The average molecular weight is 314 g/mol. The number of rotatable bonds is 5. The Morgan fingerprint density at radius 2 is 2.00 bits per heavy atom. The predicted octanol–water partition coefficient (Wildman–Crippen LogP) is 3.64. The molecule has 0 aromatic heterocycles. The van der Waals surface area contributed by atoms with E-state index in [4.69, 9.17) is 4.74 Å². The molecule has 0 bridgehead atoms. The fraction of sp³-hybridized carbons (Fsp3) is 0.600. The van der Waals surface area contributed by atoms with Crippen LogP contribution in [0.1, 0.15) is 26.3 Å². The Hall–Kier alpha value is -0.380. The van der Waals surface area contributed by atoms with Gasteiger partial charge in [-0.2, -0.15) is 0 Å². The molecule has 2 atom stereocenters. The number of benzene rings is 1. The van der Waals surface area contributed by atoms with E-state index in [0.29, 0.717) is 6.04 Å². The van der Waals surface area contributed by atoms with E-state index in [1.165, 1.54) is 5.56 Å². The lowest BCUT2D eigenvalue weighted by Crippen LogP contribution is -2.47. The SMILES string of the molecule is CNC(Cc1cccc(Br)c1)C(OC)C(C)(C)C. The van der Waals surface area contributed by atoms with Gasteiger partial charge in [-0.1, -0.05) is 48.8 Å². The summed E-state index contributed by atoms with van der Waals surface area (Å²) in [5, 5.41) is 3.39. The van der Waals surface area contributed by atoms with Crippen molar-refractivity contribution in [3.8, 4) is 0 Å². The molecule has 0 aliphatic heterocycles. The van der Waals surface area contributed by atoms with Crippen molar-refractivity contribution >= 4 is 15.9 Å². The van der Waals surface area contributed by atoms with Crippen molar-refractivity contribution in [1.82, 2.24) is 5.32 Å². The molecule has 0 saturated carbocycles. The molecule has 102 valence electrons. The Balaban J connectivity index is 2.84. The fourth-order valence-electron chi connectivity index (χ4n) is 2.40. The van der Waals surface area contributed by atoms with Gasteiger partial charge < -0.3 is 10.1 Å². The van der Waals surface area contributed by atoms with Gasteiger partial charge in [0.2, 0.25) is 0 Å². The third-order valence-electron chi connectivity index (χ3n) is 3.19. The number of ether oxygens (including phenoxy) is 1. The summed E-state index contributed by atoms with van der Waals surface area (Å²) in [6, 6.07) is 8.76. The average Bonchev–Trinajstić information content (AvgIpc) is 2.26. The maximum absolute atomic E-state index is 5.70. The third-order valence-corrected chi connectivity index (χ3v) is 3.68. The summed E-state index contributed by atoms with van der Waals surface area (Å²) in [6.45, 7) is 6.64. The molecule has 18 heavy (non-hydrogen) atoms. The Labute approximate surface area is 119 Å². The molecular formula is C15H24BrNO. The van der Waals surface area contributed by atoms with Crippen LogP contribution in [-0.2, 0) is 11.2 Å². The zero-order chi connectivity index (χ0) is 13.8. The van der Waals surface area contributed by atoms with E-state index in [1.54, 1.807) is 7.11 Å². The highest BCUT2D eigenvalue weighted by molar-refractivity contribution is 9.10. The maximum Gasteiger partial charge on any atom is 0.0775 e. The molecule has 0 aliphatic carbocycles. The molecule has 0 heterocycles. The van der Waals surface area contributed by atoms with E-state index < -0.39 is 0 Å². The number of hydrogen-bond donors (Lipinski definition) is 1. The van der Waals surface area contributed by atoms with Crippen LogP contribution in [0.15, 0.2) is 28.7 Å². The van der Waals surface area contributed by atoms with Gasteiger partial charge in [-0.05, 0) is 36.6 Å². The van der Waals surface area contributed by atoms with E-state index in [1.807, 2.05) is 7.05 Å². The van der Waals surface area contributed by atoms with Crippen molar-refractivity contribution in [2.75, 3.05) is 14.2 Å². The number of hydrogen-bond acceptors (Lipinski definition) is 2. The molecule has 1 rings (SSSR count). The van der Waals surface area contributed by atoms with Gasteiger partial charge in [-0.25, -0.2) is 0 Å². The first kappa shape index (κ1) is 15.7. The first-order valence-electron chi connectivity index (χ1n) is 6.33. The lowest BCUT2D eigenvalue weighted by atomic mass is 9.82. The van der Waals surface area contributed by atoms with Gasteiger partial charge in [-0.3, -0.25) is 0 Å². The van der Waals surface area contributed by atoms with Crippen LogP contribution in [0.25, 0.3) is 0 Å². The first-order chi connectivity index (χ1) is 8.38. The summed E-state index contributed by atoms with van der Waals surface area (Å²) in [5.74, 6) is 0. The lowest BCUT2D eigenvalue weighted by Gasteiger charge is -2.36. The van der Waals surface area contributed by atoms with Crippen molar-refractivity contribution in [2.45, 2.75) is 39.3 Å². The van der Waals surface area contributed by atoms with Crippen molar-refractivity contribution < 1.29 is 4.74 Å². The number of nitrogens with one attached hydrogen (secondary N) is 1. The molecule has 0 spiro atoms. The number of methoxy groups -OCH3 is 1. The molecule has 0 aliphatic rings. The highest BCUT2D eigenvalue weighted by Gasteiger charge is 2.31. The second-order valence-electron chi connectivity index (χ2n) is 5.75. The predicted molar refractivity (Wildman–Crippen MR) is 80.9 cm³/mol. The Bertz CT molecular complexity index is 373. The molecule has 0 amide bonds. The van der Waals surface area contributed by atoms with E-state index in [2.05, 4.69) is 66.3 Å². The quantitative estimate of drug-likeness (QED) is 0.896. The standard InChI is InChI=1S/C15H24BrNO/c1-15(2,3)14(18-5)13(17-4)10-11-7-6-8-12(16)9-11/h6-9,13-14,17H,10H2,1-5H3. The van der Waals surface area contributed by atoms with Gasteiger partial charge in [0, 0.05) is 17.6 Å². The summed E-state index contributed by atoms with van der Waals surface area (Å²) in [4.78, 5) is 0. The molecule has 1 N–H and O–H groups in total. The topological polar surface area (TPSA) is 21.3 Å². The minimum atomic E-state index is 0.119. The lowest BCUT2D eigenvalue weighted by molar-refractivity contribution is -0.00921. The smallest absolute Gasteiger partial charge is 0.0775 e. The second kappa shape index (κ2) is 6.69. The highest BCUT2D eigenvalue weighted by Crippen LogP contribution is 2.26. The molecular weight excluding hydrogens is 290 g/mol. The van der Waals surface area contributed by atoms with E-state index in [9.17, 15) is 0 Å². The van der Waals surface area contributed by atoms with Crippen LogP contribution in [-0.4, -0.2) is 26.3 Å². The minimum Gasteiger partial charge on any atom is -0.379 e. The molecule has 1 aromatic rings. The van der Waals surface area contributed by atoms with Crippen LogP contribution in [0.5, 0.6) is 0 Å². The normalized spacial score (nSPS) is 15.4. The Morgan fingerprint density at radius 1 is 1.33 bits per heavy atom. The second-order valence-corrected chi connectivity index (χ2v) is 6.67. The molecule has 2 nitrogen and oxygen atoms in total. The van der Waals surface area contributed by atoms with Crippen molar-refractivity contribution in [1.29, 1.82) is 0 Å². The number of halogens is 1. The monoisotopic (exact) mass is 313 g/mol. The van der Waals surface area contributed by atoms with Gasteiger partial charge in [0.15, 0.2) is 0 Å². The summed E-state index contributed by atoms with van der Waals surface area (Å²) in [6.07, 6.45) is 1.15. The summed E-state index contributed by atoms with van der Waals surface area (Å²) < 4.78 is 6.82. The molecule has 3 heteroatoms. The van der Waals surface area contributed by atoms with Crippen LogP contribution < -0.4 is 5.32 Å². The van der Waals surface area contributed by atoms with Crippen LogP contribution in [0, 0.1) is 5.41 Å². The summed E-state index contributed by atoms with van der Waals surface area (Å²) >= 11 is 3.52. The van der Waals surface area contributed by atoms with Crippen molar-refractivity contribution in [2.24, 2.45) is 5.41 Å². The Kier molecular flexibility index (Phi) is 5.83. The van der Waals surface area contributed by atoms with Gasteiger partial charge in [0.05, 0.1) is 6.10 Å². The van der Waals surface area contributed by atoms with E-state index >= 15 is 0 Å². The highest BCUT2D eigenvalue weighted by atomic mass is 79.9. The molecule has 0 radical (unpaired) electrons. The zero-order valence-electron chi connectivity index (χ0n) is 12.0. The summed E-state index contributed by atoms with van der Waals surface area (Å²) in [7, 11) is 3.79.